The maximum Gasteiger partial charge on any atom is 0.488 e. The zero-order chi connectivity index (χ0) is 14.8. The van der Waals surface area contributed by atoms with Crippen LogP contribution in [-0.2, 0) is 6.54 Å². The van der Waals surface area contributed by atoms with Crippen molar-refractivity contribution >= 4 is 23.4 Å². The topological polar surface area (TPSA) is 75.4 Å². The van der Waals surface area contributed by atoms with Gasteiger partial charge in [-0.3, -0.25) is 4.79 Å². The van der Waals surface area contributed by atoms with Crippen molar-refractivity contribution in [2.24, 2.45) is 0 Å². The summed E-state index contributed by atoms with van der Waals surface area (Å²) in [4.78, 5) is 12.4. The standard InChI is InChI=1S/C15H13BN2O3/c19-15-13-7-3-1-5-11(13)9-17-18(15)10-12-6-2-4-8-14(12)16(20)21/h1-9,20-21H,10H2. The molecule has 1 aromatic heterocycles. The van der Waals surface area contributed by atoms with E-state index in [2.05, 4.69) is 5.10 Å². The summed E-state index contributed by atoms with van der Waals surface area (Å²) in [5.41, 5.74) is 0.826. The van der Waals surface area contributed by atoms with Crippen LogP contribution in [0.2, 0.25) is 0 Å². The van der Waals surface area contributed by atoms with Crippen molar-refractivity contribution in [3.05, 3.63) is 70.6 Å². The summed E-state index contributed by atoms with van der Waals surface area (Å²) in [5.74, 6) is 0. The van der Waals surface area contributed by atoms with Gasteiger partial charge in [0.2, 0.25) is 0 Å². The van der Waals surface area contributed by atoms with Crippen molar-refractivity contribution in [3.8, 4) is 0 Å². The van der Waals surface area contributed by atoms with Gasteiger partial charge >= 0.3 is 7.12 Å². The molecule has 2 N–H and O–H groups in total. The molecule has 3 aromatic rings. The molecule has 0 aliphatic rings. The second kappa shape index (κ2) is 5.51. The first-order valence-corrected chi connectivity index (χ1v) is 6.55. The first-order valence-electron chi connectivity index (χ1n) is 6.55. The summed E-state index contributed by atoms with van der Waals surface area (Å²) in [6.07, 6.45) is 1.63. The van der Waals surface area contributed by atoms with E-state index in [0.29, 0.717) is 16.4 Å². The monoisotopic (exact) mass is 280 g/mol. The molecule has 0 spiro atoms. The molecule has 0 aliphatic heterocycles. The minimum Gasteiger partial charge on any atom is -0.423 e. The zero-order valence-corrected chi connectivity index (χ0v) is 11.2. The smallest absolute Gasteiger partial charge is 0.423 e. The van der Waals surface area contributed by atoms with Crippen LogP contribution in [0.4, 0.5) is 0 Å². The molecule has 3 rings (SSSR count). The lowest BCUT2D eigenvalue weighted by Crippen LogP contribution is -2.35. The second-order valence-corrected chi connectivity index (χ2v) is 4.77. The molecule has 0 amide bonds. The lowest BCUT2D eigenvalue weighted by molar-refractivity contribution is 0.425. The Labute approximate surface area is 121 Å². The molecule has 0 aliphatic carbocycles. The van der Waals surface area contributed by atoms with E-state index in [1.165, 1.54) is 4.68 Å². The van der Waals surface area contributed by atoms with Gasteiger partial charge in [0.15, 0.2) is 0 Å². The minimum atomic E-state index is -1.57. The van der Waals surface area contributed by atoms with Crippen LogP contribution >= 0.6 is 0 Å². The van der Waals surface area contributed by atoms with Gasteiger partial charge in [0.05, 0.1) is 18.1 Å². The van der Waals surface area contributed by atoms with Crippen LogP contribution in [0.25, 0.3) is 10.8 Å². The van der Waals surface area contributed by atoms with Crippen molar-refractivity contribution in [2.75, 3.05) is 0 Å². The van der Waals surface area contributed by atoms with Crippen LogP contribution in [0.3, 0.4) is 0 Å². The first-order chi connectivity index (χ1) is 10.2. The summed E-state index contributed by atoms with van der Waals surface area (Å²) in [7, 11) is -1.57. The van der Waals surface area contributed by atoms with Gasteiger partial charge in [0.1, 0.15) is 0 Å². The molecular weight excluding hydrogens is 267 g/mol. The molecule has 0 atom stereocenters. The van der Waals surface area contributed by atoms with Crippen molar-refractivity contribution < 1.29 is 10.0 Å². The average Bonchev–Trinajstić information content (AvgIpc) is 2.51. The second-order valence-electron chi connectivity index (χ2n) is 4.77. The molecule has 1 heterocycles. The summed E-state index contributed by atoms with van der Waals surface area (Å²) in [6, 6.07) is 14.1. The van der Waals surface area contributed by atoms with Crippen molar-refractivity contribution in [1.82, 2.24) is 9.78 Å². The van der Waals surface area contributed by atoms with Gasteiger partial charge in [-0.2, -0.15) is 5.10 Å². The van der Waals surface area contributed by atoms with E-state index < -0.39 is 7.12 Å². The highest BCUT2D eigenvalue weighted by Gasteiger charge is 2.16. The molecule has 0 saturated heterocycles. The molecule has 6 heteroatoms. The van der Waals surface area contributed by atoms with E-state index in [4.69, 9.17) is 0 Å². The summed E-state index contributed by atoms with van der Waals surface area (Å²) in [6.45, 7) is 0.192. The molecule has 0 bridgehead atoms. The summed E-state index contributed by atoms with van der Waals surface area (Å²) in [5, 5.41) is 24.3. The highest BCUT2D eigenvalue weighted by molar-refractivity contribution is 6.59. The molecule has 21 heavy (non-hydrogen) atoms. The number of hydrogen-bond donors (Lipinski definition) is 2. The van der Waals surface area contributed by atoms with Crippen LogP contribution < -0.4 is 11.0 Å². The average molecular weight is 280 g/mol. The fourth-order valence-corrected chi connectivity index (χ4v) is 2.33. The lowest BCUT2D eigenvalue weighted by atomic mass is 9.77. The van der Waals surface area contributed by atoms with Gasteiger partial charge < -0.3 is 10.0 Å². The maximum absolute atomic E-state index is 12.4. The van der Waals surface area contributed by atoms with Crippen LogP contribution in [0.15, 0.2) is 59.5 Å². The summed E-state index contributed by atoms with van der Waals surface area (Å²) >= 11 is 0. The van der Waals surface area contributed by atoms with Crippen LogP contribution in [0.1, 0.15) is 5.56 Å². The molecular formula is C15H13BN2O3. The van der Waals surface area contributed by atoms with Crippen LogP contribution in [-0.4, -0.2) is 26.9 Å². The quantitative estimate of drug-likeness (QED) is 0.668. The van der Waals surface area contributed by atoms with E-state index in [1.54, 1.807) is 42.6 Å². The van der Waals surface area contributed by atoms with Gasteiger partial charge in [0.25, 0.3) is 5.56 Å². The highest BCUT2D eigenvalue weighted by atomic mass is 16.4. The van der Waals surface area contributed by atoms with E-state index in [0.717, 1.165) is 5.39 Å². The van der Waals surface area contributed by atoms with Gasteiger partial charge in [-0.05, 0) is 17.1 Å². The van der Waals surface area contributed by atoms with Gasteiger partial charge in [0, 0.05) is 5.39 Å². The maximum atomic E-state index is 12.4. The Hall–Kier alpha value is -2.44. The summed E-state index contributed by atoms with van der Waals surface area (Å²) < 4.78 is 1.32. The number of rotatable bonds is 3. The molecule has 5 nitrogen and oxygen atoms in total. The van der Waals surface area contributed by atoms with E-state index in [1.807, 2.05) is 12.1 Å². The predicted molar refractivity (Wildman–Crippen MR) is 81.4 cm³/mol. The highest BCUT2D eigenvalue weighted by Crippen LogP contribution is 2.07. The number of aromatic nitrogens is 2. The number of benzene rings is 2. The SMILES string of the molecule is O=c1c2ccccc2cnn1Cc1ccccc1B(O)O. The fourth-order valence-electron chi connectivity index (χ4n) is 2.33. The Bertz CT molecular complexity index is 845. The van der Waals surface area contributed by atoms with E-state index in [9.17, 15) is 14.8 Å². The molecule has 104 valence electrons. The Morgan fingerprint density at radius 1 is 1.05 bits per heavy atom. The van der Waals surface area contributed by atoms with Gasteiger partial charge in [-0.1, -0.05) is 42.5 Å². The van der Waals surface area contributed by atoms with Gasteiger partial charge in [-0.25, -0.2) is 4.68 Å². The van der Waals surface area contributed by atoms with Crippen molar-refractivity contribution in [2.45, 2.75) is 6.54 Å². The predicted octanol–water partition coefficient (Wildman–Crippen LogP) is 0.125. The Kier molecular flexibility index (Phi) is 3.56. The van der Waals surface area contributed by atoms with E-state index in [-0.39, 0.29) is 12.1 Å². The molecule has 0 unspecified atom stereocenters. The third kappa shape index (κ3) is 2.59. The number of hydrogen-bond acceptors (Lipinski definition) is 4. The third-order valence-corrected chi connectivity index (χ3v) is 3.42. The molecule has 0 fully saturated rings. The zero-order valence-electron chi connectivity index (χ0n) is 11.2. The van der Waals surface area contributed by atoms with E-state index >= 15 is 0 Å². The number of nitrogens with zero attached hydrogens (tertiary/aromatic N) is 2. The van der Waals surface area contributed by atoms with Gasteiger partial charge in [-0.15, -0.1) is 0 Å². The lowest BCUT2D eigenvalue weighted by Gasteiger charge is -2.10. The largest absolute Gasteiger partial charge is 0.488 e. The Morgan fingerprint density at radius 2 is 1.76 bits per heavy atom. The molecule has 0 saturated carbocycles. The van der Waals surface area contributed by atoms with Crippen molar-refractivity contribution in [1.29, 1.82) is 0 Å². The Morgan fingerprint density at radius 3 is 2.57 bits per heavy atom. The third-order valence-electron chi connectivity index (χ3n) is 3.42. The normalized spacial score (nSPS) is 10.8. The molecule has 2 aromatic carbocycles. The van der Waals surface area contributed by atoms with Crippen LogP contribution in [0.5, 0.6) is 0 Å². The van der Waals surface area contributed by atoms with Crippen molar-refractivity contribution in [3.63, 3.8) is 0 Å². The Balaban J connectivity index is 2.07. The minimum absolute atomic E-state index is 0.192. The number of fused-ring (bicyclic) bond motifs is 1. The van der Waals surface area contributed by atoms with Crippen LogP contribution in [0, 0.1) is 0 Å². The molecule has 0 radical (unpaired) electrons. The fraction of sp³-hybridized carbons (Fsp3) is 0.0667. The first kappa shape index (κ1) is 13.5.